The minimum atomic E-state index is 0.484. The summed E-state index contributed by atoms with van der Waals surface area (Å²) in [7, 11) is 0. The fourth-order valence-electron chi connectivity index (χ4n) is 6.69. The van der Waals surface area contributed by atoms with E-state index in [1.807, 2.05) is 4.90 Å². The third-order valence-electron chi connectivity index (χ3n) is 7.77. The maximum Gasteiger partial charge on any atom is 0.0906 e. The second-order valence-corrected chi connectivity index (χ2v) is 9.55. The van der Waals surface area contributed by atoms with E-state index in [0.29, 0.717) is 5.38 Å². The number of halogens is 1. The molecule has 0 spiro atoms. The van der Waals surface area contributed by atoms with Gasteiger partial charge in [0.25, 0.3) is 0 Å². The van der Waals surface area contributed by atoms with Gasteiger partial charge >= 0.3 is 0 Å². The van der Waals surface area contributed by atoms with Crippen molar-refractivity contribution in [3.05, 3.63) is 0 Å². The lowest BCUT2D eigenvalue weighted by Gasteiger charge is -2.50. The molecule has 3 saturated carbocycles. The standard InChI is InChI=1S/C20H34ClN/c21-17-10-7-15(8-11-17)14-22-13-3-6-19-18-5-2-1-4-16(18)9-12-20(19)22/h15-20H,1-14H2/p+1. The summed E-state index contributed by atoms with van der Waals surface area (Å²) in [4.78, 5) is 2.01. The highest BCUT2D eigenvalue weighted by molar-refractivity contribution is 6.20. The second-order valence-electron chi connectivity index (χ2n) is 8.93. The maximum absolute atomic E-state index is 6.30. The Kier molecular flexibility index (Phi) is 5.02. The summed E-state index contributed by atoms with van der Waals surface area (Å²) in [5.74, 6) is 4.29. The first-order valence-electron chi connectivity index (χ1n) is 10.3. The first-order chi connectivity index (χ1) is 10.8. The number of alkyl halides is 1. The topological polar surface area (TPSA) is 4.44 Å². The van der Waals surface area contributed by atoms with Gasteiger partial charge in [-0.15, -0.1) is 11.6 Å². The Bertz CT molecular complexity index is 363. The smallest absolute Gasteiger partial charge is 0.0906 e. The molecular formula is C20H35ClN+. The number of nitrogens with one attached hydrogen (secondary N) is 1. The SMILES string of the molecule is ClC1CCC(C[NH+]2CCCC3C4CCCCC4CCC32)CC1. The van der Waals surface area contributed by atoms with Crippen molar-refractivity contribution in [2.45, 2.75) is 88.5 Å². The number of likely N-dealkylation sites (tertiary alicyclic amines) is 1. The van der Waals surface area contributed by atoms with E-state index in [-0.39, 0.29) is 0 Å². The van der Waals surface area contributed by atoms with Crippen LogP contribution in [0.4, 0.5) is 0 Å². The van der Waals surface area contributed by atoms with Crippen molar-refractivity contribution in [3.8, 4) is 0 Å². The Morgan fingerprint density at radius 1 is 0.727 bits per heavy atom. The molecule has 0 radical (unpaired) electrons. The quantitative estimate of drug-likeness (QED) is 0.731. The highest BCUT2D eigenvalue weighted by Gasteiger charge is 2.46. The van der Waals surface area contributed by atoms with E-state index in [4.69, 9.17) is 11.6 Å². The minimum Gasteiger partial charge on any atom is -0.332 e. The highest BCUT2D eigenvalue weighted by Crippen LogP contribution is 2.45. The summed E-state index contributed by atoms with van der Waals surface area (Å²) in [5.41, 5.74) is 0. The van der Waals surface area contributed by atoms with E-state index in [9.17, 15) is 0 Å². The predicted molar refractivity (Wildman–Crippen MR) is 93.5 cm³/mol. The average molecular weight is 325 g/mol. The number of hydrogen-bond donors (Lipinski definition) is 1. The molecule has 3 aliphatic carbocycles. The van der Waals surface area contributed by atoms with E-state index < -0.39 is 0 Å². The molecule has 2 heteroatoms. The van der Waals surface area contributed by atoms with Crippen LogP contribution in [0.3, 0.4) is 0 Å². The molecule has 1 aliphatic heterocycles. The highest BCUT2D eigenvalue weighted by atomic mass is 35.5. The lowest BCUT2D eigenvalue weighted by atomic mass is 9.61. The van der Waals surface area contributed by atoms with Crippen LogP contribution in [0, 0.1) is 23.7 Å². The van der Waals surface area contributed by atoms with Gasteiger partial charge in [-0.2, -0.15) is 0 Å². The summed E-state index contributed by atoms with van der Waals surface area (Å²) in [6.07, 6.45) is 17.7. The predicted octanol–water partition coefficient (Wildman–Crippen LogP) is 4.05. The average Bonchev–Trinajstić information content (AvgIpc) is 2.57. The van der Waals surface area contributed by atoms with Gasteiger partial charge in [0.15, 0.2) is 0 Å². The molecule has 5 atom stereocenters. The third-order valence-corrected chi connectivity index (χ3v) is 8.21. The van der Waals surface area contributed by atoms with E-state index in [1.165, 1.54) is 58.0 Å². The maximum atomic E-state index is 6.30. The van der Waals surface area contributed by atoms with Gasteiger partial charge in [-0.1, -0.05) is 19.3 Å². The molecule has 1 nitrogen and oxygen atoms in total. The van der Waals surface area contributed by atoms with Crippen LogP contribution in [-0.2, 0) is 0 Å². The molecule has 0 aromatic carbocycles. The summed E-state index contributed by atoms with van der Waals surface area (Å²) in [6.45, 7) is 2.95. The second kappa shape index (κ2) is 7.01. The molecule has 4 fully saturated rings. The van der Waals surface area contributed by atoms with Gasteiger partial charge in [0.1, 0.15) is 0 Å². The largest absolute Gasteiger partial charge is 0.332 e. The Morgan fingerprint density at radius 2 is 1.50 bits per heavy atom. The Hall–Kier alpha value is 0.250. The fourth-order valence-corrected chi connectivity index (χ4v) is 6.94. The molecule has 0 bridgehead atoms. The molecule has 1 heterocycles. The number of rotatable bonds is 2. The normalized spacial score (nSPS) is 49.2. The van der Waals surface area contributed by atoms with Crippen molar-refractivity contribution >= 4 is 11.6 Å². The molecule has 5 unspecified atom stereocenters. The first kappa shape index (κ1) is 15.8. The first-order valence-corrected chi connectivity index (χ1v) is 10.7. The van der Waals surface area contributed by atoms with Crippen molar-refractivity contribution in [2.24, 2.45) is 23.7 Å². The molecule has 4 rings (SSSR count). The number of fused-ring (bicyclic) bond motifs is 3. The van der Waals surface area contributed by atoms with Gasteiger partial charge in [0.2, 0.25) is 0 Å². The molecule has 22 heavy (non-hydrogen) atoms. The summed E-state index contributed by atoms with van der Waals surface area (Å²) < 4.78 is 0. The van der Waals surface area contributed by atoms with Gasteiger partial charge in [0, 0.05) is 17.2 Å². The molecular weight excluding hydrogens is 290 g/mol. The zero-order valence-electron chi connectivity index (χ0n) is 14.2. The van der Waals surface area contributed by atoms with Crippen LogP contribution in [0.2, 0.25) is 0 Å². The van der Waals surface area contributed by atoms with Crippen molar-refractivity contribution < 1.29 is 4.90 Å². The Labute approximate surface area is 142 Å². The van der Waals surface area contributed by atoms with E-state index >= 15 is 0 Å². The summed E-state index contributed by atoms with van der Waals surface area (Å²) in [5, 5.41) is 0.484. The summed E-state index contributed by atoms with van der Waals surface area (Å²) >= 11 is 6.30. The third kappa shape index (κ3) is 3.22. The Morgan fingerprint density at radius 3 is 2.36 bits per heavy atom. The molecule has 126 valence electrons. The Balaban J connectivity index is 1.39. The van der Waals surface area contributed by atoms with Crippen LogP contribution in [0.25, 0.3) is 0 Å². The lowest BCUT2D eigenvalue weighted by molar-refractivity contribution is -0.940. The van der Waals surface area contributed by atoms with Gasteiger partial charge < -0.3 is 4.90 Å². The minimum absolute atomic E-state index is 0.484. The van der Waals surface area contributed by atoms with Crippen molar-refractivity contribution in [1.29, 1.82) is 0 Å². The summed E-state index contributed by atoms with van der Waals surface area (Å²) in [6, 6.07) is 1.03. The number of quaternary nitrogens is 1. The fraction of sp³-hybridized carbons (Fsp3) is 1.00. The van der Waals surface area contributed by atoms with E-state index in [1.54, 1.807) is 32.1 Å². The van der Waals surface area contributed by atoms with Gasteiger partial charge in [0.05, 0.1) is 19.1 Å². The van der Waals surface area contributed by atoms with Crippen LogP contribution in [0.5, 0.6) is 0 Å². The van der Waals surface area contributed by atoms with Crippen LogP contribution in [0.1, 0.15) is 77.0 Å². The zero-order valence-corrected chi connectivity index (χ0v) is 15.0. The van der Waals surface area contributed by atoms with Crippen LogP contribution in [-0.4, -0.2) is 24.5 Å². The van der Waals surface area contributed by atoms with Crippen molar-refractivity contribution in [2.75, 3.05) is 13.1 Å². The van der Waals surface area contributed by atoms with Gasteiger partial charge in [-0.3, -0.25) is 0 Å². The number of hydrogen-bond acceptors (Lipinski definition) is 0. The number of piperidine rings is 1. The van der Waals surface area contributed by atoms with Crippen LogP contribution < -0.4 is 4.90 Å². The van der Waals surface area contributed by atoms with Crippen molar-refractivity contribution in [1.82, 2.24) is 0 Å². The molecule has 0 aromatic heterocycles. The van der Waals surface area contributed by atoms with Gasteiger partial charge in [-0.25, -0.2) is 0 Å². The molecule has 4 aliphatic rings. The van der Waals surface area contributed by atoms with Crippen molar-refractivity contribution in [3.63, 3.8) is 0 Å². The van der Waals surface area contributed by atoms with Crippen LogP contribution in [0.15, 0.2) is 0 Å². The van der Waals surface area contributed by atoms with E-state index in [2.05, 4.69) is 0 Å². The monoisotopic (exact) mass is 324 g/mol. The van der Waals surface area contributed by atoms with Gasteiger partial charge in [-0.05, 0) is 69.6 Å². The zero-order chi connectivity index (χ0) is 14.9. The van der Waals surface area contributed by atoms with E-state index in [0.717, 1.165) is 29.7 Å². The molecule has 0 aromatic rings. The molecule has 0 amide bonds. The lowest BCUT2D eigenvalue weighted by Crippen LogP contribution is -3.18. The van der Waals surface area contributed by atoms with Crippen LogP contribution >= 0.6 is 11.6 Å². The molecule has 1 N–H and O–H groups in total. The molecule has 1 saturated heterocycles.